The van der Waals surface area contributed by atoms with Crippen LogP contribution < -0.4 is 4.90 Å². The molecule has 1 aliphatic heterocycles. The van der Waals surface area contributed by atoms with Crippen molar-refractivity contribution in [1.29, 1.82) is 0 Å². The predicted octanol–water partition coefficient (Wildman–Crippen LogP) is 2.86. The molecule has 1 unspecified atom stereocenters. The molecular formula is C16H23N4S2+. The van der Waals surface area contributed by atoms with Crippen molar-refractivity contribution >= 4 is 23.6 Å². The summed E-state index contributed by atoms with van der Waals surface area (Å²) in [7, 11) is 0. The smallest absolute Gasteiger partial charge is 0.221 e. The minimum absolute atomic E-state index is 0.689. The molecule has 4 nitrogen and oxygen atoms in total. The number of nitrogens with zero attached hydrogens (tertiary/aromatic N) is 2. The van der Waals surface area contributed by atoms with E-state index in [0.29, 0.717) is 4.77 Å². The van der Waals surface area contributed by atoms with Crippen molar-refractivity contribution in [1.82, 2.24) is 14.8 Å². The molecule has 2 aromatic heterocycles. The summed E-state index contributed by atoms with van der Waals surface area (Å²) in [4.78, 5) is 7.41. The Morgan fingerprint density at radius 1 is 1.32 bits per heavy atom. The third kappa shape index (κ3) is 2.79. The highest BCUT2D eigenvalue weighted by Gasteiger charge is 2.36. The van der Waals surface area contributed by atoms with Crippen molar-refractivity contribution in [3.05, 3.63) is 22.3 Å². The van der Waals surface area contributed by atoms with Gasteiger partial charge < -0.3 is 4.90 Å². The minimum atomic E-state index is 0.689. The predicted molar refractivity (Wildman–Crippen MR) is 91.5 cm³/mol. The number of H-pyrrole nitrogens is 1. The van der Waals surface area contributed by atoms with E-state index in [2.05, 4.69) is 32.3 Å². The van der Waals surface area contributed by atoms with Gasteiger partial charge in [0.15, 0.2) is 12.5 Å². The molecule has 118 valence electrons. The van der Waals surface area contributed by atoms with Crippen molar-refractivity contribution in [2.45, 2.75) is 51.2 Å². The molecule has 1 saturated heterocycles. The second-order valence-corrected chi connectivity index (χ2v) is 7.93. The third-order valence-corrected chi connectivity index (χ3v) is 6.49. The Labute approximate surface area is 140 Å². The van der Waals surface area contributed by atoms with Gasteiger partial charge in [-0.3, -0.25) is 5.10 Å². The van der Waals surface area contributed by atoms with Crippen LogP contribution in [-0.2, 0) is 6.67 Å². The molecule has 1 aliphatic carbocycles. The minimum Gasteiger partial charge on any atom is -0.314 e. The number of aromatic nitrogens is 3. The van der Waals surface area contributed by atoms with E-state index in [1.807, 2.05) is 0 Å². The lowest BCUT2D eigenvalue weighted by Crippen LogP contribution is -3.17. The van der Waals surface area contributed by atoms with Gasteiger partial charge in [0.25, 0.3) is 0 Å². The van der Waals surface area contributed by atoms with E-state index in [4.69, 9.17) is 12.2 Å². The summed E-state index contributed by atoms with van der Waals surface area (Å²) in [5, 5.41) is 5.49. The molecule has 4 rings (SSSR count). The molecule has 3 heterocycles. The first-order valence-electron chi connectivity index (χ1n) is 8.36. The Morgan fingerprint density at radius 3 is 3.05 bits per heavy atom. The average Bonchev–Trinajstić information content (AvgIpc) is 3.18. The van der Waals surface area contributed by atoms with Crippen molar-refractivity contribution in [2.75, 3.05) is 6.54 Å². The molecular weight excluding hydrogens is 312 g/mol. The van der Waals surface area contributed by atoms with Gasteiger partial charge in [-0.05, 0) is 55.8 Å². The number of likely N-dealkylation sites (tertiary alicyclic amines) is 1. The van der Waals surface area contributed by atoms with Gasteiger partial charge >= 0.3 is 0 Å². The standard InChI is InChI=1S/C16H22N4S2/c21-16-17-15(14-8-4-10-22-14)18-20(16)11-19-9-3-6-12-5-1-2-7-13(12)19/h4,8,10,12-13H,1-3,5-7,9,11H2,(H,17,18,21)/p+1/t12-,13-/m0/s1. The van der Waals surface area contributed by atoms with Gasteiger partial charge in [0.2, 0.25) is 4.77 Å². The van der Waals surface area contributed by atoms with E-state index < -0.39 is 0 Å². The number of quaternary nitrogens is 1. The summed E-state index contributed by atoms with van der Waals surface area (Å²) >= 11 is 7.18. The fraction of sp³-hybridized carbons (Fsp3) is 0.625. The molecule has 0 bridgehead atoms. The van der Waals surface area contributed by atoms with Crippen LogP contribution in [0.4, 0.5) is 0 Å². The van der Waals surface area contributed by atoms with Crippen LogP contribution in [0.3, 0.4) is 0 Å². The highest BCUT2D eigenvalue weighted by atomic mass is 32.1. The molecule has 0 amide bonds. The molecule has 2 aromatic rings. The Kier molecular flexibility index (Phi) is 4.15. The van der Waals surface area contributed by atoms with Crippen molar-refractivity contribution in [3.63, 3.8) is 0 Å². The van der Waals surface area contributed by atoms with Crippen molar-refractivity contribution in [3.8, 4) is 10.7 Å². The number of hydrogen-bond donors (Lipinski definition) is 2. The Balaban J connectivity index is 1.54. The fourth-order valence-electron chi connectivity index (χ4n) is 4.25. The number of aromatic amines is 1. The third-order valence-electron chi connectivity index (χ3n) is 5.30. The topological polar surface area (TPSA) is 38.0 Å². The van der Waals surface area contributed by atoms with E-state index in [-0.39, 0.29) is 0 Å². The quantitative estimate of drug-likeness (QED) is 0.847. The summed E-state index contributed by atoms with van der Waals surface area (Å²) in [6, 6.07) is 4.98. The molecule has 3 atom stereocenters. The largest absolute Gasteiger partial charge is 0.314 e. The first kappa shape index (κ1) is 14.6. The molecule has 22 heavy (non-hydrogen) atoms. The molecule has 6 heteroatoms. The van der Waals surface area contributed by atoms with Crippen molar-refractivity contribution < 1.29 is 4.90 Å². The van der Waals surface area contributed by atoms with Crippen LogP contribution in [0.1, 0.15) is 38.5 Å². The Bertz CT molecular complexity index is 671. The number of fused-ring (bicyclic) bond motifs is 1. The fourth-order valence-corrected chi connectivity index (χ4v) is 5.12. The summed E-state index contributed by atoms with van der Waals surface area (Å²) in [6.07, 6.45) is 8.45. The normalized spacial score (nSPS) is 28.5. The lowest BCUT2D eigenvalue weighted by Gasteiger charge is -2.41. The zero-order valence-corrected chi connectivity index (χ0v) is 14.4. The number of thiophene rings is 1. The maximum Gasteiger partial charge on any atom is 0.221 e. The van der Waals surface area contributed by atoms with Crippen LogP contribution in [0.15, 0.2) is 17.5 Å². The molecule has 2 aliphatic rings. The van der Waals surface area contributed by atoms with E-state index in [1.54, 1.807) is 16.2 Å². The monoisotopic (exact) mass is 335 g/mol. The zero-order valence-electron chi connectivity index (χ0n) is 12.8. The molecule has 2 fully saturated rings. The van der Waals surface area contributed by atoms with Crippen LogP contribution in [0.2, 0.25) is 0 Å². The maximum atomic E-state index is 5.47. The summed E-state index contributed by atoms with van der Waals surface area (Å²) in [5.74, 6) is 1.85. The number of nitrogens with one attached hydrogen (secondary N) is 2. The molecule has 0 radical (unpaired) electrons. The van der Waals surface area contributed by atoms with E-state index in [0.717, 1.165) is 29.3 Å². The van der Waals surface area contributed by atoms with Gasteiger partial charge in [-0.2, -0.15) is 4.98 Å². The SMILES string of the molecule is S=c1nc(-c2cccs2)[nH]n1C[NH+]1CCC[C@@H]2CCCC[C@@H]21. The van der Waals surface area contributed by atoms with Gasteiger partial charge in [0.05, 0.1) is 17.5 Å². The second kappa shape index (κ2) is 6.26. The van der Waals surface area contributed by atoms with Crippen LogP contribution in [0.5, 0.6) is 0 Å². The zero-order chi connectivity index (χ0) is 14.9. The number of hydrogen-bond acceptors (Lipinski definition) is 3. The average molecular weight is 336 g/mol. The van der Waals surface area contributed by atoms with E-state index >= 15 is 0 Å². The first-order chi connectivity index (χ1) is 10.8. The van der Waals surface area contributed by atoms with Gasteiger partial charge in [-0.15, -0.1) is 11.3 Å². The molecule has 0 spiro atoms. The second-order valence-electron chi connectivity index (χ2n) is 6.62. The van der Waals surface area contributed by atoms with Gasteiger partial charge in [0.1, 0.15) is 0 Å². The summed E-state index contributed by atoms with van der Waals surface area (Å²) in [5.41, 5.74) is 0. The van der Waals surface area contributed by atoms with Crippen LogP contribution in [-0.4, -0.2) is 27.4 Å². The summed E-state index contributed by atoms with van der Waals surface area (Å²) < 4.78 is 2.77. The molecule has 0 aromatic carbocycles. The number of piperidine rings is 1. The van der Waals surface area contributed by atoms with Crippen molar-refractivity contribution in [2.24, 2.45) is 5.92 Å². The van der Waals surface area contributed by atoms with E-state index in [9.17, 15) is 0 Å². The Hall–Kier alpha value is -0.980. The summed E-state index contributed by atoms with van der Waals surface area (Å²) in [6.45, 7) is 2.22. The van der Waals surface area contributed by atoms with E-state index in [1.165, 1.54) is 45.1 Å². The van der Waals surface area contributed by atoms with Crippen LogP contribution >= 0.6 is 23.6 Å². The van der Waals surface area contributed by atoms with Gasteiger partial charge in [-0.25, -0.2) is 4.68 Å². The Morgan fingerprint density at radius 2 is 2.18 bits per heavy atom. The first-order valence-corrected chi connectivity index (χ1v) is 9.65. The maximum absolute atomic E-state index is 5.47. The highest BCUT2D eigenvalue weighted by Crippen LogP contribution is 2.28. The highest BCUT2D eigenvalue weighted by molar-refractivity contribution is 7.71. The lowest BCUT2D eigenvalue weighted by molar-refractivity contribution is -0.958. The van der Waals surface area contributed by atoms with Gasteiger partial charge in [0, 0.05) is 5.92 Å². The van der Waals surface area contributed by atoms with Crippen LogP contribution in [0.25, 0.3) is 10.7 Å². The lowest BCUT2D eigenvalue weighted by atomic mass is 9.78. The molecule has 2 N–H and O–H groups in total. The van der Waals surface area contributed by atoms with Crippen LogP contribution in [0, 0.1) is 10.7 Å². The van der Waals surface area contributed by atoms with Gasteiger partial charge in [-0.1, -0.05) is 12.5 Å². The number of rotatable bonds is 3. The molecule has 1 saturated carbocycles.